The Kier molecular flexibility index (Phi) is 6.68. The molecule has 2 N–H and O–H groups in total. The van der Waals surface area contributed by atoms with Crippen LogP contribution in [-0.4, -0.2) is 20.7 Å². The van der Waals surface area contributed by atoms with E-state index in [4.69, 9.17) is 5.10 Å². The van der Waals surface area contributed by atoms with E-state index in [9.17, 15) is 9.90 Å². The van der Waals surface area contributed by atoms with Crippen molar-refractivity contribution in [3.8, 4) is 0 Å². The van der Waals surface area contributed by atoms with E-state index in [0.717, 1.165) is 41.9 Å². The maximum Gasteiger partial charge on any atom is 0.169 e. The van der Waals surface area contributed by atoms with Crippen molar-refractivity contribution in [1.29, 1.82) is 0 Å². The lowest BCUT2D eigenvalue weighted by molar-refractivity contribution is 0.0944. The first kappa shape index (κ1) is 24.2. The van der Waals surface area contributed by atoms with Gasteiger partial charge in [-0.05, 0) is 56.7 Å². The van der Waals surface area contributed by atoms with Crippen molar-refractivity contribution in [2.24, 2.45) is 0 Å². The van der Waals surface area contributed by atoms with Gasteiger partial charge in [0.05, 0.1) is 29.4 Å². The quantitative estimate of drug-likeness (QED) is 0.388. The normalized spacial score (nSPS) is 17.2. The summed E-state index contributed by atoms with van der Waals surface area (Å²) in [6.45, 7) is 10.7. The molecule has 3 aromatic rings. The topological polar surface area (TPSA) is 67.2 Å². The number of anilines is 1. The van der Waals surface area contributed by atoms with Crippen LogP contribution in [-0.2, 0) is 17.6 Å². The van der Waals surface area contributed by atoms with Gasteiger partial charge in [-0.25, -0.2) is 4.68 Å². The van der Waals surface area contributed by atoms with E-state index in [0.29, 0.717) is 12.0 Å². The maximum atomic E-state index is 13.9. The second-order valence-electron chi connectivity index (χ2n) is 10.3. The minimum atomic E-state index is -0.255. The van der Waals surface area contributed by atoms with Gasteiger partial charge in [-0.2, -0.15) is 5.10 Å². The van der Waals surface area contributed by atoms with Crippen LogP contribution in [0.15, 0.2) is 54.6 Å². The molecule has 2 heterocycles. The zero-order valence-corrected chi connectivity index (χ0v) is 21.1. The molecule has 1 aliphatic heterocycles. The van der Waals surface area contributed by atoms with Gasteiger partial charge in [-0.15, -0.1) is 0 Å². The van der Waals surface area contributed by atoms with E-state index in [1.807, 2.05) is 29.8 Å². The highest BCUT2D eigenvalue weighted by molar-refractivity contribution is 6.02. The Morgan fingerprint density at radius 3 is 2.35 bits per heavy atom. The van der Waals surface area contributed by atoms with E-state index < -0.39 is 0 Å². The van der Waals surface area contributed by atoms with Crippen molar-refractivity contribution < 1.29 is 9.90 Å². The van der Waals surface area contributed by atoms with E-state index >= 15 is 0 Å². The first-order valence-electron chi connectivity index (χ1n) is 12.4. The summed E-state index contributed by atoms with van der Waals surface area (Å²) in [5.41, 5.74) is 4.29. The summed E-state index contributed by atoms with van der Waals surface area (Å²) >= 11 is 0. The summed E-state index contributed by atoms with van der Waals surface area (Å²) in [6.07, 6.45) is 3.05. The zero-order valence-electron chi connectivity index (χ0n) is 21.1. The third-order valence-corrected chi connectivity index (χ3v) is 7.73. The third kappa shape index (κ3) is 4.29. The average molecular weight is 460 g/mol. The van der Waals surface area contributed by atoms with Gasteiger partial charge in [-0.1, -0.05) is 68.4 Å². The van der Waals surface area contributed by atoms with Gasteiger partial charge in [0.25, 0.3) is 0 Å². The van der Waals surface area contributed by atoms with Crippen molar-refractivity contribution in [3.63, 3.8) is 0 Å². The molecule has 1 aromatic heterocycles. The Morgan fingerprint density at radius 1 is 1.12 bits per heavy atom. The Hall–Kier alpha value is -2.92. The fraction of sp³-hybridized carbons (Fsp3) is 0.448. The average Bonchev–Trinajstić information content (AvgIpc) is 3.20. The minimum absolute atomic E-state index is 0.0240. The van der Waals surface area contributed by atoms with Crippen LogP contribution >= 0.6 is 0 Å². The molecule has 0 radical (unpaired) electrons. The highest BCUT2D eigenvalue weighted by atomic mass is 16.3. The number of fused-ring (bicyclic) bond motifs is 1. The first-order chi connectivity index (χ1) is 16.2. The van der Waals surface area contributed by atoms with Gasteiger partial charge in [0.1, 0.15) is 5.82 Å². The number of aliphatic hydroxyl groups is 1. The molecule has 5 nitrogen and oxygen atoms in total. The molecular formula is C29H37N3O2. The molecule has 0 saturated carbocycles. The Morgan fingerprint density at radius 2 is 1.76 bits per heavy atom. The first-order valence-corrected chi connectivity index (χ1v) is 12.4. The highest BCUT2D eigenvalue weighted by Gasteiger charge is 2.39. The second kappa shape index (κ2) is 9.38. The van der Waals surface area contributed by atoms with E-state index in [1.165, 1.54) is 5.56 Å². The Balaban J connectivity index is 1.71. The number of hydrogen-bond acceptors (Lipinski definition) is 4. The van der Waals surface area contributed by atoms with Gasteiger partial charge in [-0.3, -0.25) is 4.79 Å². The number of nitrogens with one attached hydrogen (secondary N) is 1. The van der Waals surface area contributed by atoms with Crippen molar-refractivity contribution in [2.75, 3.05) is 5.32 Å². The predicted octanol–water partition coefficient (Wildman–Crippen LogP) is 6.31. The Bertz CT molecular complexity index is 1140. The van der Waals surface area contributed by atoms with Crippen LogP contribution in [0.5, 0.6) is 0 Å². The van der Waals surface area contributed by atoms with Crippen molar-refractivity contribution in [1.82, 2.24) is 9.78 Å². The summed E-state index contributed by atoms with van der Waals surface area (Å²) < 4.78 is 2.02. The number of rotatable bonds is 8. The number of aliphatic hydroxyl groups excluding tert-OH is 1. The lowest BCUT2D eigenvalue weighted by Gasteiger charge is -2.38. The second-order valence-corrected chi connectivity index (χ2v) is 10.3. The third-order valence-electron chi connectivity index (χ3n) is 7.73. The molecule has 0 spiro atoms. The van der Waals surface area contributed by atoms with Crippen LogP contribution < -0.4 is 5.32 Å². The van der Waals surface area contributed by atoms with Crippen molar-refractivity contribution >= 4 is 11.6 Å². The van der Waals surface area contributed by atoms with Gasteiger partial charge in [0.2, 0.25) is 0 Å². The van der Waals surface area contributed by atoms with E-state index in [2.05, 4.69) is 69.4 Å². The van der Waals surface area contributed by atoms with E-state index in [-0.39, 0.29) is 29.4 Å². The molecule has 1 aliphatic rings. The van der Waals surface area contributed by atoms with Crippen LogP contribution in [0.4, 0.5) is 5.82 Å². The molecule has 0 unspecified atom stereocenters. The molecular weight excluding hydrogens is 422 g/mol. The molecule has 1 atom stereocenters. The van der Waals surface area contributed by atoms with Crippen LogP contribution in [0, 0.1) is 6.92 Å². The molecule has 4 rings (SSSR count). The molecule has 0 fully saturated rings. The predicted molar refractivity (Wildman–Crippen MR) is 137 cm³/mol. The number of aromatic nitrogens is 2. The Labute approximate surface area is 203 Å². The molecule has 0 aliphatic carbocycles. The van der Waals surface area contributed by atoms with Crippen molar-refractivity contribution in [2.45, 2.75) is 83.9 Å². The molecule has 2 aromatic carbocycles. The van der Waals surface area contributed by atoms with Crippen molar-refractivity contribution in [3.05, 3.63) is 82.5 Å². The summed E-state index contributed by atoms with van der Waals surface area (Å²) in [7, 11) is 0. The summed E-state index contributed by atoms with van der Waals surface area (Å²) in [4.78, 5) is 13.9. The number of aryl methyl sites for hydroxylation is 1. The molecule has 34 heavy (non-hydrogen) atoms. The van der Waals surface area contributed by atoms with Gasteiger partial charge < -0.3 is 10.4 Å². The molecule has 0 amide bonds. The fourth-order valence-electron chi connectivity index (χ4n) is 5.49. The number of benzene rings is 2. The van der Waals surface area contributed by atoms with Crippen LogP contribution in [0.1, 0.15) is 92.2 Å². The molecule has 0 saturated heterocycles. The van der Waals surface area contributed by atoms with Gasteiger partial charge in [0, 0.05) is 11.8 Å². The van der Waals surface area contributed by atoms with Crippen LogP contribution in [0.25, 0.3) is 0 Å². The molecule has 5 heteroatoms. The molecule has 180 valence electrons. The zero-order chi connectivity index (χ0) is 24.5. The SMILES string of the molecule is CCC(CC)(CC(=O)c1c(C)nn2c1N[C@@H](c1ccccc1)CC2(C)C)c1ccc(CO)cc1. The number of nitrogens with zero attached hydrogens (tertiary/aromatic N) is 2. The van der Waals surface area contributed by atoms with Crippen LogP contribution in [0.3, 0.4) is 0 Å². The minimum Gasteiger partial charge on any atom is -0.392 e. The summed E-state index contributed by atoms with van der Waals surface area (Å²) in [6, 6.07) is 18.6. The summed E-state index contributed by atoms with van der Waals surface area (Å²) in [5, 5.41) is 17.9. The molecule has 0 bridgehead atoms. The van der Waals surface area contributed by atoms with Gasteiger partial charge >= 0.3 is 0 Å². The van der Waals surface area contributed by atoms with Gasteiger partial charge in [0.15, 0.2) is 5.78 Å². The fourth-order valence-corrected chi connectivity index (χ4v) is 5.49. The monoisotopic (exact) mass is 459 g/mol. The largest absolute Gasteiger partial charge is 0.392 e. The summed E-state index contributed by atoms with van der Waals surface area (Å²) in [5.74, 6) is 0.968. The number of carbonyl (C=O) groups is 1. The van der Waals surface area contributed by atoms with Crippen LogP contribution in [0.2, 0.25) is 0 Å². The van der Waals surface area contributed by atoms with E-state index in [1.54, 1.807) is 0 Å². The maximum absolute atomic E-state index is 13.9. The number of Topliss-reactive ketones (excluding diaryl/α,β-unsaturated/α-hetero) is 1. The lowest BCUT2D eigenvalue weighted by atomic mass is 9.71. The smallest absolute Gasteiger partial charge is 0.169 e. The lowest BCUT2D eigenvalue weighted by Crippen LogP contribution is -2.38. The number of hydrogen-bond donors (Lipinski definition) is 2. The highest BCUT2D eigenvalue weighted by Crippen LogP contribution is 2.43. The number of ketones is 1. The number of carbonyl (C=O) groups excluding carboxylic acids is 1. The standard InChI is InChI=1S/C29H37N3O2/c1-6-29(7-2,23-15-13-21(19-33)14-16-23)18-25(34)26-20(3)31-32-27(26)30-24(17-28(32,4)5)22-11-9-8-10-12-22/h8-16,24,30,33H,6-7,17-19H2,1-5H3/t24-/m1/s1.